The summed E-state index contributed by atoms with van der Waals surface area (Å²) in [6.07, 6.45) is 6.91. The number of aryl methyl sites for hydroxylation is 1. The second-order valence-corrected chi connectivity index (χ2v) is 5.96. The molecule has 2 aliphatic rings. The predicted octanol–water partition coefficient (Wildman–Crippen LogP) is 1.42. The van der Waals surface area contributed by atoms with Gasteiger partial charge in [0.15, 0.2) is 5.69 Å². The molecule has 2 amide bonds. The largest absolute Gasteiger partial charge is 0.370 e. The zero-order valence-corrected chi connectivity index (χ0v) is 12.1. The molecule has 0 aromatic carbocycles. The van der Waals surface area contributed by atoms with Gasteiger partial charge in [0, 0.05) is 31.0 Å². The van der Waals surface area contributed by atoms with E-state index in [9.17, 15) is 9.59 Å². The summed E-state index contributed by atoms with van der Waals surface area (Å²) in [5.41, 5.74) is 6.72. The average Bonchev–Trinajstić information content (AvgIpc) is 2.90. The maximum absolute atomic E-state index is 12.8. The quantitative estimate of drug-likeness (QED) is 0.912. The van der Waals surface area contributed by atoms with E-state index in [1.807, 2.05) is 0 Å². The smallest absolute Gasteiger partial charge is 0.276 e. The first-order chi connectivity index (χ1) is 10.2. The highest BCUT2D eigenvalue weighted by atomic mass is 16.5. The van der Waals surface area contributed by atoms with Gasteiger partial charge in [-0.05, 0) is 38.5 Å². The molecule has 1 fully saturated rings. The van der Waals surface area contributed by atoms with E-state index < -0.39 is 0 Å². The lowest BCUT2D eigenvalue weighted by Crippen LogP contribution is -2.45. The second kappa shape index (κ2) is 5.87. The van der Waals surface area contributed by atoms with Crippen LogP contribution in [0.4, 0.5) is 0 Å². The minimum absolute atomic E-state index is 0.0975. The summed E-state index contributed by atoms with van der Waals surface area (Å²) in [5, 5.41) is 4.00. The lowest BCUT2D eigenvalue weighted by molar-refractivity contribution is -0.119. The Labute approximate surface area is 123 Å². The van der Waals surface area contributed by atoms with Crippen LogP contribution in [0.2, 0.25) is 0 Å². The number of hydrogen-bond acceptors (Lipinski definition) is 4. The number of hydrogen-bond donors (Lipinski definition) is 1. The standard InChI is InChI=1S/C15H21N3O3/c16-13(19)9-10-5-3-4-8-18(10)15(20)14-11-6-1-2-7-12(11)21-17-14/h10H,1-9H2,(H2,16,19). The predicted molar refractivity (Wildman–Crippen MR) is 75.6 cm³/mol. The second-order valence-electron chi connectivity index (χ2n) is 5.96. The molecule has 21 heavy (non-hydrogen) atoms. The Morgan fingerprint density at radius 1 is 1.24 bits per heavy atom. The van der Waals surface area contributed by atoms with Crippen LogP contribution in [0.25, 0.3) is 0 Å². The number of nitrogens with zero attached hydrogens (tertiary/aromatic N) is 2. The minimum Gasteiger partial charge on any atom is -0.370 e. The molecule has 0 bridgehead atoms. The van der Waals surface area contributed by atoms with Crippen molar-refractivity contribution in [3.8, 4) is 0 Å². The summed E-state index contributed by atoms with van der Waals surface area (Å²) in [7, 11) is 0. The van der Waals surface area contributed by atoms with Crippen molar-refractivity contribution < 1.29 is 14.1 Å². The lowest BCUT2D eigenvalue weighted by Gasteiger charge is -2.34. The summed E-state index contributed by atoms with van der Waals surface area (Å²) in [6, 6.07) is -0.0975. The van der Waals surface area contributed by atoms with Crippen LogP contribution in [0.5, 0.6) is 0 Å². The number of aromatic nitrogens is 1. The van der Waals surface area contributed by atoms with E-state index in [0.717, 1.165) is 56.3 Å². The van der Waals surface area contributed by atoms with Crippen LogP contribution >= 0.6 is 0 Å². The molecule has 6 heteroatoms. The first-order valence-corrected chi connectivity index (χ1v) is 7.73. The fraction of sp³-hybridized carbons (Fsp3) is 0.667. The van der Waals surface area contributed by atoms with Gasteiger partial charge in [0.25, 0.3) is 5.91 Å². The number of primary amides is 1. The van der Waals surface area contributed by atoms with Crippen molar-refractivity contribution in [2.24, 2.45) is 5.73 Å². The Bertz CT molecular complexity index is 552. The van der Waals surface area contributed by atoms with Gasteiger partial charge in [-0.25, -0.2) is 0 Å². The Kier molecular flexibility index (Phi) is 3.94. The highest BCUT2D eigenvalue weighted by Crippen LogP contribution is 2.27. The molecule has 1 aromatic heterocycles. The molecule has 1 aliphatic heterocycles. The summed E-state index contributed by atoms with van der Waals surface area (Å²) < 4.78 is 5.33. The van der Waals surface area contributed by atoms with Gasteiger partial charge in [-0.1, -0.05) is 5.16 Å². The van der Waals surface area contributed by atoms with E-state index >= 15 is 0 Å². The molecule has 2 N–H and O–H groups in total. The van der Waals surface area contributed by atoms with E-state index in [4.69, 9.17) is 10.3 Å². The number of fused-ring (bicyclic) bond motifs is 1. The number of likely N-dealkylation sites (tertiary alicyclic amines) is 1. The highest BCUT2D eigenvalue weighted by molar-refractivity contribution is 5.94. The van der Waals surface area contributed by atoms with Gasteiger partial charge in [0.1, 0.15) is 5.76 Å². The van der Waals surface area contributed by atoms with Gasteiger partial charge in [-0.3, -0.25) is 9.59 Å². The number of carbonyl (C=O) groups excluding carboxylic acids is 2. The Morgan fingerprint density at radius 2 is 2.05 bits per heavy atom. The van der Waals surface area contributed by atoms with Crippen molar-refractivity contribution in [1.29, 1.82) is 0 Å². The number of amides is 2. The van der Waals surface area contributed by atoms with Crippen molar-refractivity contribution in [2.45, 2.75) is 57.4 Å². The zero-order chi connectivity index (χ0) is 14.8. The summed E-state index contributed by atoms with van der Waals surface area (Å²) in [6.45, 7) is 0.665. The molecule has 114 valence electrons. The van der Waals surface area contributed by atoms with Gasteiger partial charge < -0.3 is 15.2 Å². The van der Waals surface area contributed by atoms with Gasteiger partial charge in [0.05, 0.1) is 0 Å². The van der Waals surface area contributed by atoms with E-state index in [2.05, 4.69) is 5.16 Å². The molecule has 1 aliphatic carbocycles. The van der Waals surface area contributed by atoms with Crippen molar-refractivity contribution in [3.63, 3.8) is 0 Å². The molecule has 1 atom stereocenters. The zero-order valence-electron chi connectivity index (χ0n) is 12.1. The van der Waals surface area contributed by atoms with Crippen molar-refractivity contribution >= 4 is 11.8 Å². The van der Waals surface area contributed by atoms with Crippen LogP contribution in [0.1, 0.15) is 60.3 Å². The molecule has 0 radical (unpaired) electrons. The van der Waals surface area contributed by atoms with Crippen LogP contribution in [0.3, 0.4) is 0 Å². The Balaban J connectivity index is 1.82. The van der Waals surface area contributed by atoms with Crippen molar-refractivity contribution in [2.75, 3.05) is 6.54 Å². The van der Waals surface area contributed by atoms with Gasteiger partial charge in [-0.15, -0.1) is 0 Å². The summed E-state index contributed by atoms with van der Waals surface area (Å²) in [5.74, 6) is 0.391. The molecule has 6 nitrogen and oxygen atoms in total. The average molecular weight is 291 g/mol. The van der Waals surface area contributed by atoms with Crippen molar-refractivity contribution in [3.05, 3.63) is 17.0 Å². The fourth-order valence-electron chi connectivity index (χ4n) is 3.40. The number of piperidine rings is 1. The van der Waals surface area contributed by atoms with Crippen LogP contribution in [-0.4, -0.2) is 34.5 Å². The highest BCUT2D eigenvalue weighted by Gasteiger charge is 2.33. The third kappa shape index (κ3) is 2.80. The Hall–Kier alpha value is -1.85. The normalized spacial score (nSPS) is 21.9. The van der Waals surface area contributed by atoms with Crippen LogP contribution in [0, 0.1) is 0 Å². The van der Waals surface area contributed by atoms with Gasteiger partial charge in [0.2, 0.25) is 5.91 Å². The summed E-state index contributed by atoms with van der Waals surface area (Å²) >= 11 is 0. The van der Waals surface area contributed by atoms with Gasteiger partial charge in [-0.2, -0.15) is 0 Å². The maximum Gasteiger partial charge on any atom is 0.276 e. The third-order valence-corrected chi connectivity index (χ3v) is 4.48. The van der Waals surface area contributed by atoms with E-state index in [1.165, 1.54) is 0 Å². The third-order valence-electron chi connectivity index (χ3n) is 4.48. The van der Waals surface area contributed by atoms with Crippen LogP contribution in [-0.2, 0) is 17.6 Å². The molecule has 0 spiro atoms. The van der Waals surface area contributed by atoms with Gasteiger partial charge >= 0.3 is 0 Å². The molecule has 1 aromatic rings. The number of nitrogens with two attached hydrogens (primary N) is 1. The Morgan fingerprint density at radius 3 is 2.86 bits per heavy atom. The molecule has 1 unspecified atom stereocenters. The molecule has 3 rings (SSSR count). The number of rotatable bonds is 3. The molecule has 1 saturated heterocycles. The minimum atomic E-state index is -0.359. The SMILES string of the molecule is NC(=O)CC1CCCCN1C(=O)c1noc2c1CCCC2. The first-order valence-electron chi connectivity index (χ1n) is 7.73. The molecular weight excluding hydrogens is 270 g/mol. The van der Waals surface area contributed by atoms with E-state index in [1.54, 1.807) is 4.90 Å². The molecular formula is C15H21N3O3. The molecule has 0 saturated carbocycles. The fourth-order valence-corrected chi connectivity index (χ4v) is 3.40. The maximum atomic E-state index is 12.8. The lowest BCUT2D eigenvalue weighted by atomic mass is 9.94. The monoisotopic (exact) mass is 291 g/mol. The van der Waals surface area contributed by atoms with Crippen molar-refractivity contribution in [1.82, 2.24) is 10.1 Å². The van der Waals surface area contributed by atoms with Crippen LogP contribution < -0.4 is 5.73 Å². The summed E-state index contributed by atoms with van der Waals surface area (Å²) in [4.78, 5) is 25.7. The van der Waals surface area contributed by atoms with E-state index in [0.29, 0.717) is 12.2 Å². The van der Waals surface area contributed by atoms with E-state index in [-0.39, 0.29) is 24.3 Å². The topological polar surface area (TPSA) is 89.4 Å². The number of carbonyl (C=O) groups is 2. The van der Waals surface area contributed by atoms with Crippen LogP contribution in [0.15, 0.2) is 4.52 Å². The molecule has 2 heterocycles. The first kappa shape index (κ1) is 14.1.